The third-order valence-corrected chi connectivity index (χ3v) is 15.4. The first-order chi connectivity index (χ1) is 39.2. The van der Waals surface area contributed by atoms with Crippen molar-refractivity contribution in [1.29, 1.82) is 0 Å². The molecule has 5 heteroatoms. The second-order valence-corrected chi connectivity index (χ2v) is 20.0. The maximum atomic E-state index is 5.06. The molecule has 13 aromatic rings. The summed E-state index contributed by atoms with van der Waals surface area (Å²) in [5.74, 6) is 2.00. The Morgan fingerprint density at radius 2 is 0.650 bits per heavy atom. The van der Waals surface area contributed by atoms with Gasteiger partial charge < -0.3 is 4.98 Å². The van der Waals surface area contributed by atoms with E-state index in [-0.39, 0.29) is 20.1 Å². The van der Waals surface area contributed by atoms with E-state index in [1.807, 2.05) is 66.9 Å². The molecule has 1 spiro atoms. The number of rotatable bonds is 8. The van der Waals surface area contributed by atoms with Crippen molar-refractivity contribution in [2.45, 2.75) is 5.41 Å². The number of pyridine rings is 1. The van der Waals surface area contributed by atoms with Crippen LogP contribution < -0.4 is 0 Å². The first kappa shape index (κ1) is 49.8. The summed E-state index contributed by atoms with van der Waals surface area (Å²) >= 11 is 0. The molecule has 80 heavy (non-hydrogen) atoms. The maximum Gasteiger partial charge on any atom is 0.164 e. The van der Waals surface area contributed by atoms with Crippen molar-refractivity contribution in [2.75, 3.05) is 0 Å². The van der Waals surface area contributed by atoms with Gasteiger partial charge >= 0.3 is 0 Å². The fraction of sp³-hybridized carbons (Fsp3) is 0.0133. The molecule has 0 amide bonds. The van der Waals surface area contributed by atoms with Gasteiger partial charge in [0.1, 0.15) is 0 Å². The van der Waals surface area contributed by atoms with E-state index in [0.717, 1.165) is 33.5 Å². The fourth-order valence-corrected chi connectivity index (χ4v) is 11.8. The summed E-state index contributed by atoms with van der Waals surface area (Å²) in [5.41, 5.74) is 24.4. The van der Waals surface area contributed by atoms with Gasteiger partial charge in [-0.2, -0.15) is 0 Å². The quantitative estimate of drug-likeness (QED) is 0.142. The molecule has 2 aliphatic rings. The Kier molecular flexibility index (Phi) is 13.4. The van der Waals surface area contributed by atoms with Crippen molar-refractivity contribution < 1.29 is 20.1 Å². The topological polar surface area (TPSA) is 51.6 Å². The zero-order valence-corrected chi connectivity index (χ0v) is 45.8. The van der Waals surface area contributed by atoms with E-state index in [1.165, 1.54) is 83.5 Å². The monoisotopic (exact) mass is 1200 g/mol. The maximum absolute atomic E-state index is 5.06. The van der Waals surface area contributed by atoms with Crippen LogP contribution in [-0.4, -0.2) is 19.9 Å². The van der Waals surface area contributed by atoms with Crippen LogP contribution in [0.2, 0.25) is 0 Å². The Hall–Kier alpha value is -9.77. The minimum absolute atomic E-state index is 0. The van der Waals surface area contributed by atoms with Gasteiger partial charge in [-0.3, -0.25) is 0 Å². The molecule has 2 aromatic heterocycles. The molecule has 2 heterocycles. The molecule has 0 saturated carbocycles. The largest absolute Gasteiger partial charge is 0.305 e. The smallest absolute Gasteiger partial charge is 0.164 e. The minimum Gasteiger partial charge on any atom is -0.305 e. The van der Waals surface area contributed by atoms with Gasteiger partial charge in [-0.15, -0.1) is 35.4 Å². The summed E-state index contributed by atoms with van der Waals surface area (Å²) in [6.07, 6.45) is 1.82. The molecule has 0 fully saturated rings. The van der Waals surface area contributed by atoms with Crippen molar-refractivity contribution in [3.8, 4) is 112 Å². The van der Waals surface area contributed by atoms with Gasteiger partial charge in [-0.1, -0.05) is 237 Å². The van der Waals surface area contributed by atoms with Gasteiger partial charge in [0.15, 0.2) is 17.5 Å². The molecule has 2 aliphatic carbocycles. The van der Waals surface area contributed by atoms with Crippen molar-refractivity contribution in [2.24, 2.45) is 0 Å². The van der Waals surface area contributed by atoms with Gasteiger partial charge in [0.25, 0.3) is 0 Å². The summed E-state index contributed by atoms with van der Waals surface area (Å²) in [4.78, 5) is 19.5. The van der Waals surface area contributed by atoms with Crippen molar-refractivity contribution in [3.05, 3.63) is 326 Å². The number of nitrogens with zero attached hydrogens (tertiary/aromatic N) is 4. The van der Waals surface area contributed by atoms with Crippen LogP contribution in [0.25, 0.3) is 112 Å². The minimum atomic E-state index is -0.410. The average molecular weight is 1200 g/mol. The zero-order valence-electron chi connectivity index (χ0n) is 43.4. The zero-order chi connectivity index (χ0) is 52.5. The molecule has 0 atom stereocenters. The number of hydrogen-bond donors (Lipinski definition) is 0. The fourth-order valence-electron chi connectivity index (χ4n) is 11.8. The number of hydrogen-bond acceptors (Lipinski definition) is 4. The van der Waals surface area contributed by atoms with Crippen molar-refractivity contribution in [3.63, 3.8) is 0 Å². The van der Waals surface area contributed by atoms with Crippen molar-refractivity contribution >= 4 is 0 Å². The van der Waals surface area contributed by atoms with Crippen molar-refractivity contribution in [1.82, 2.24) is 19.9 Å². The summed E-state index contributed by atoms with van der Waals surface area (Å²) in [6.45, 7) is 0. The Labute approximate surface area is 480 Å². The van der Waals surface area contributed by atoms with Crippen LogP contribution in [0.4, 0.5) is 0 Å². The molecule has 0 N–H and O–H groups in total. The van der Waals surface area contributed by atoms with E-state index in [0.29, 0.717) is 17.5 Å². The SMILES string of the molecule is [Ir].[c-]1ccc(-c2cccc(-c3cc(-c4ccccc4)cc(-c4ccccc4)c3)c2)cc1-c1ccccn1.c1ccc(-c2nc(-c3ccccc3)nc(-c3ccc4c(c3)C3(c5ccccc5-c5ccccc53)c3ccccc3-4)n2)cc1. The number of aromatic nitrogens is 4. The number of fused-ring (bicyclic) bond motifs is 10. The number of benzene rings is 11. The molecule has 4 nitrogen and oxygen atoms in total. The van der Waals surface area contributed by atoms with E-state index in [2.05, 4.69) is 242 Å². The summed E-state index contributed by atoms with van der Waals surface area (Å²) < 4.78 is 0. The Morgan fingerprint density at radius 1 is 0.263 bits per heavy atom. The van der Waals surface area contributed by atoms with Gasteiger partial charge in [-0.25, -0.2) is 15.0 Å². The average Bonchev–Trinajstić information content (AvgIpc) is 4.24. The van der Waals surface area contributed by atoms with Crippen LogP contribution in [0.15, 0.2) is 297 Å². The van der Waals surface area contributed by atoms with Crippen LogP contribution in [-0.2, 0) is 25.5 Å². The summed E-state index contributed by atoms with van der Waals surface area (Å²) in [7, 11) is 0. The molecule has 379 valence electrons. The van der Waals surface area contributed by atoms with Crippen LogP contribution in [0.5, 0.6) is 0 Å². The van der Waals surface area contributed by atoms with Gasteiger partial charge in [-0.05, 0) is 126 Å². The first-order valence-corrected chi connectivity index (χ1v) is 26.8. The standard InChI is InChI=1S/C40H25N3.C35H24N.Ir/c1-3-13-26(14-4-1)37-41-38(27-15-5-2-6-16-27)43-39(42-37)28-23-24-32-31-19-9-12-22-35(31)40(36(32)25-28)33-20-10-7-17-29(33)30-18-8-11-21-34(30)40;1-3-11-26(12-4-1)32-23-33(27-13-5-2-6-14-27)25-34(24-32)30-17-9-15-28(21-30)29-16-10-18-31(22-29)35-19-7-8-20-36-35;/h1-25H;1-17,19-25H;/q;-1;. The second kappa shape index (κ2) is 21.6. The Morgan fingerprint density at radius 3 is 1.15 bits per heavy atom. The summed E-state index contributed by atoms with van der Waals surface area (Å²) in [5, 5.41) is 0. The molecular formula is C75H49IrN4-. The van der Waals surface area contributed by atoms with E-state index in [4.69, 9.17) is 15.0 Å². The van der Waals surface area contributed by atoms with Crippen LogP contribution >= 0.6 is 0 Å². The summed E-state index contributed by atoms with van der Waals surface area (Å²) in [6, 6.07) is 106. The Balaban J connectivity index is 0.000000152. The molecule has 0 unspecified atom stereocenters. The molecule has 0 aliphatic heterocycles. The molecule has 0 saturated heterocycles. The third kappa shape index (κ3) is 9.09. The van der Waals surface area contributed by atoms with Gasteiger partial charge in [0.05, 0.1) is 5.41 Å². The van der Waals surface area contributed by atoms with E-state index < -0.39 is 5.41 Å². The normalized spacial score (nSPS) is 12.0. The van der Waals surface area contributed by atoms with Gasteiger partial charge in [0, 0.05) is 43.0 Å². The van der Waals surface area contributed by atoms with Crippen LogP contribution in [0.1, 0.15) is 22.3 Å². The molecule has 0 bridgehead atoms. The van der Waals surface area contributed by atoms with Crippen LogP contribution in [0, 0.1) is 6.07 Å². The third-order valence-electron chi connectivity index (χ3n) is 15.4. The molecule has 15 rings (SSSR count). The second-order valence-electron chi connectivity index (χ2n) is 20.0. The predicted octanol–water partition coefficient (Wildman–Crippen LogP) is 18.4. The van der Waals surface area contributed by atoms with Crippen LogP contribution in [0.3, 0.4) is 0 Å². The molecule has 11 aromatic carbocycles. The van der Waals surface area contributed by atoms with E-state index >= 15 is 0 Å². The predicted molar refractivity (Wildman–Crippen MR) is 323 cm³/mol. The molecule has 1 radical (unpaired) electrons. The van der Waals surface area contributed by atoms with Gasteiger partial charge in [0.2, 0.25) is 0 Å². The molecular weight excluding hydrogens is 1150 g/mol. The Bertz CT molecular complexity index is 4180. The first-order valence-electron chi connectivity index (χ1n) is 26.8. The van der Waals surface area contributed by atoms with E-state index in [1.54, 1.807) is 0 Å². The van der Waals surface area contributed by atoms with E-state index in [9.17, 15) is 0 Å².